The molecule has 1 heterocycles. The summed E-state index contributed by atoms with van der Waals surface area (Å²) in [6, 6.07) is 10.3. The highest BCUT2D eigenvalue weighted by molar-refractivity contribution is 14.0. The summed E-state index contributed by atoms with van der Waals surface area (Å²) in [7, 11) is 0. The molecule has 0 radical (unpaired) electrons. The lowest BCUT2D eigenvalue weighted by molar-refractivity contribution is 0.0672. The van der Waals surface area contributed by atoms with Gasteiger partial charge in [0, 0.05) is 25.7 Å². The zero-order valence-corrected chi connectivity index (χ0v) is 19.6. The summed E-state index contributed by atoms with van der Waals surface area (Å²) in [5.41, 5.74) is -0.0841. The zero-order valence-electron chi connectivity index (χ0n) is 17.2. The molecule has 1 saturated heterocycles. The van der Waals surface area contributed by atoms with E-state index in [4.69, 9.17) is 0 Å². The second-order valence-electron chi connectivity index (χ2n) is 7.90. The molecule has 0 aliphatic carbocycles. The first-order valence-electron chi connectivity index (χ1n) is 9.96. The molecule has 154 valence electrons. The molecule has 0 aromatic heterocycles. The Bertz CT molecular complexity index is 563. The van der Waals surface area contributed by atoms with E-state index in [0.717, 1.165) is 31.2 Å². The Kier molecular flexibility index (Phi) is 10.6. The molecule has 0 bridgehead atoms. The van der Waals surface area contributed by atoms with Gasteiger partial charge in [0.15, 0.2) is 5.96 Å². The number of guanidine groups is 1. The summed E-state index contributed by atoms with van der Waals surface area (Å²) in [4.78, 5) is 7.22. The van der Waals surface area contributed by atoms with Crippen molar-refractivity contribution in [2.75, 3.05) is 32.7 Å². The molecule has 1 aliphatic rings. The van der Waals surface area contributed by atoms with Gasteiger partial charge in [0.05, 0.1) is 6.54 Å². The maximum atomic E-state index is 10.8. The van der Waals surface area contributed by atoms with Crippen molar-refractivity contribution in [2.24, 2.45) is 10.9 Å². The topological polar surface area (TPSA) is 59.9 Å². The van der Waals surface area contributed by atoms with Crippen molar-refractivity contribution in [3.63, 3.8) is 0 Å². The van der Waals surface area contributed by atoms with Gasteiger partial charge in [-0.05, 0) is 44.7 Å². The van der Waals surface area contributed by atoms with E-state index >= 15 is 0 Å². The zero-order chi connectivity index (χ0) is 19.0. The monoisotopic (exact) mass is 488 g/mol. The molecule has 1 fully saturated rings. The molecule has 1 unspecified atom stereocenters. The largest absolute Gasteiger partial charge is 0.384 e. The van der Waals surface area contributed by atoms with Crippen molar-refractivity contribution < 1.29 is 5.11 Å². The SMILES string of the molecule is CCNC(=NCC(C)(O)c1ccccc1)NC[C@H]1CCCN1CC(C)C.I. The van der Waals surface area contributed by atoms with Crippen LogP contribution in [-0.2, 0) is 5.60 Å². The lowest BCUT2D eigenvalue weighted by Crippen LogP contribution is -2.46. The highest BCUT2D eigenvalue weighted by atomic mass is 127. The van der Waals surface area contributed by atoms with Crippen LogP contribution in [0.2, 0.25) is 0 Å². The van der Waals surface area contributed by atoms with E-state index in [1.165, 1.54) is 19.4 Å². The van der Waals surface area contributed by atoms with Gasteiger partial charge in [0.1, 0.15) is 5.60 Å². The molecule has 3 N–H and O–H groups in total. The van der Waals surface area contributed by atoms with E-state index in [-0.39, 0.29) is 24.0 Å². The van der Waals surface area contributed by atoms with Gasteiger partial charge in [-0.3, -0.25) is 4.90 Å². The van der Waals surface area contributed by atoms with Crippen molar-refractivity contribution in [3.05, 3.63) is 35.9 Å². The third-order valence-electron chi connectivity index (χ3n) is 4.89. The molecule has 0 spiro atoms. The molecule has 0 amide bonds. The van der Waals surface area contributed by atoms with Gasteiger partial charge >= 0.3 is 0 Å². The Morgan fingerprint density at radius 3 is 2.63 bits per heavy atom. The van der Waals surface area contributed by atoms with Crippen molar-refractivity contribution in [1.29, 1.82) is 0 Å². The summed E-state index contributed by atoms with van der Waals surface area (Å²) in [5.74, 6) is 1.47. The Hall–Kier alpha value is -0.860. The van der Waals surface area contributed by atoms with E-state index in [1.54, 1.807) is 0 Å². The quantitative estimate of drug-likeness (QED) is 0.299. The summed E-state index contributed by atoms with van der Waals surface area (Å²) in [6.07, 6.45) is 2.51. The van der Waals surface area contributed by atoms with Gasteiger partial charge < -0.3 is 15.7 Å². The van der Waals surface area contributed by atoms with Crippen molar-refractivity contribution in [1.82, 2.24) is 15.5 Å². The highest BCUT2D eigenvalue weighted by Crippen LogP contribution is 2.20. The van der Waals surface area contributed by atoms with E-state index in [0.29, 0.717) is 18.5 Å². The summed E-state index contributed by atoms with van der Waals surface area (Å²) < 4.78 is 0. The fourth-order valence-corrected chi connectivity index (χ4v) is 3.51. The molecule has 1 aromatic rings. The van der Waals surface area contributed by atoms with Crippen LogP contribution in [0.4, 0.5) is 0 Å². The fourth-order valence-electron chi connectivity index (χ4n) is 3.51. The Morgan fingerprint density at radius 1 is 1.30 bits per heavy atom. The average molecular weight is 488 g/mol. The lowest BCUT2D eigenvalue weighted by Gasteiger charge is -2.27. The number of hydrogen-bond acceptors (Lipinski definition) is 3. The molecule has 1 aromatic carbocycles. The Morgan fingerprint density at radius 2 is 2.00 bits per heavy atom. The smallest absolute Gasteiger partial charge is 0.191 e. The molecule has 27 heavy (non-hydrogen) atoms. The molecular weight excluding hydrogens is 451 g/mol. The van der Waals surface area contributed by atoms with Gasteiger partial charge in [-0.15, -0.1) is 24.0 Å². The predicted octanol–water partition coefficient (Wildman–Crippen LogP) is 3.19. The minimum absolute atomic E-state index is 0. The number of halogens is 1. The molecule has 1 aliphatic heterocycles. The van der Waals surface area contributed by atoms with Gasteiger partial charge in [-0.2, -0.15) is 0 Å². The van der Waals surface area contributed by atoms with E-state index in [9.17, 15) is 5.11 Å². The summed E-state index contributed by atoms with van der Waals surface area (Å²) >= 11 is 0. The number of aliphatic imine (C=N–C) groups is 1. The van der Waals surface area contributed by atoms with Crippen LogP contribution in [0, 0.1) is 5.92 Å². The van der Waals surface area contributed by atoms with Crippen LogP contribution in [0.5, 0.6) is 0 Å². The van der Waals surface area contributed by atoms with Gasteiger partial charge in [-0.25, -0.2) is 4.99 Å². The maximum absolute atomic E-state index is 10.8. The third-order valence-corrected chi connectivity index (χ3v) is 4.89. The van der Waals surface area contributed by atoms with Gasteiger partial charge in [0.25, 0.3) is 0 Å². The number of likely N-dealkylation sites (tertiary alicyclic amines) is 1. The third kappa shape index (κ3) is 7.95. The number of nitrogens with zero attached hydrogens (tertiary/aromatic N) is 2. The van der Waals surface area contributed by atoms with Crippen LogP contribution < -0.4 is 10.6 Å². The minimum Gasteiger partial charge on any atom is -0.384 e. The minimum atomic E-state index is -0.972. The first-order chi connectivity index (χ1) is 12.4. The molecular formula is C21H37IN4O. The van der Waals surface area contributed by atoms with E-state index in [2.05, 4.69) is 41.3 Å². The maximum Gasteiger partial charge on any atom is 0.191 e. The van der Waals surface area contributed by atoms with Crippen LogP contribution >= 0.6 is 24.0 Å². The highest BCUT2D eigenvalue weighted by Gasteiger charge is 2.25. The molecule has 5 nitrogen and oxygen atoms in total. The van der Waals surface area contributed by atoms with Crippen LogP contribution in [0.15, 0.2) is 35.3 Å². The summed E-state index contributed by atoms with van der Waals surface area (Å²) in [6.45, 7) is 12.8. The Labute approximate surface area is 182 Å². The number of rotatable bonds is 8. The van der Waals surface area contributed by atoms with Crippen molar-refractivity contribution in [3.8, 4) is 0 Å². The number of hydrogen-bond donors (Lipinski definition) is 3. The second-order valence-corrected chi connectivity index (χ2v) is 7.90. The molecule has 2 atom stereocenters. The number of nitrogens with one attached hydrogen (secondary N) is 2. The standard InChI is InChI=1S/C21H36N4O.HI/c1-5-22-20(23-14-19-12-9-13-25(19)15-17(2)3)24-16-21(4,26)18-10-7-6-8-11-18;/h6-8,10-11,17,19,26H,5,9,12-16H2,1-4H3,(H2,22,23,24);1H/t19-,21?;/m1./s1. The second kappa shape index (κ2) is 11.9. The van der Waals surface area contributed by atoms with Crippen LogP contribution in [-0.4, -0.2) is 54.7 Å². The molecule has 6 heteroatoms. The molecule has 0 saturated carbocycles. The van der Waals surface area contributed by atoms with Crippen LogP contribution in [0.3, 0.4) is 0 Å². The lowest BCUT2D eigenvalue weighted by atomic mass is 9.96. The average Bonchev–Trinajstić information content (AvgIpc) is 3.04. The van der Waals surface area contributed by atoms with Crippen LogP contribution in [0.1, 0.15) is 46.1 Å². The van der Waals surface area contributed by atoms with E-state index < -0.39 is 5.60 Å². The number of benzene rings is 1. The van der Waals surface area contributed by atoms with E-state index in [1.807, 2.05) is 37.3 Å². The number of aliphatic hydroxyl groups is 1. The fraction of sp³-hybridized carbons (Fsp3) is 0.667. The summed E-state index contributed by atoms with van der Waals surface area (Å²) in [5, 5.41) is 17.5. The first-order valence-corrected chi connectivity index (χ1v) is 9.96. The van der Waals surface area contributed by atoms with Crippen molar-refractivity contribution in [2.45, 2.75) is 52.2 Å². The molecule has 2 rings (SSSR count). The van der Waals surface area contributed by atoms with Gasteiger partial charge in [-0.1, -0.05) is 44.2 Å². The van der Waals surface area contributed by atoms with Crippen molar-refractivity contribution >= 4 is 29.9 Å². The normalized spacial score (nSPS) is 20.2. The van der Waals surface area contributed by atoms with Gasteiger partial charge in [0.2, 0.25) is 0 Å². The first kappa shape index (κ1) is 24.2. The Balaban J connectivity index is 0.00000364. The van der Waals surface area contributed by atoms with Crippen LogP contribution in [0.25, 0.3) is 0 Å². The predicted molar refractivity (Wildman–Crippen MR) is 125 cm³/mol.